The van der Waals surface area contributed by atoms with Gasteiger partial charge in [-0.2, -0.15) is 4.98 Å². The van der Waals surface area contributed by atoms with E-state index in [1.165, 1.54) is 4.90 Å². The number of ether oxygens (including phenoxy) is 1. The van der Waals surface area contributed by atoms with Crippen LogP contribution in [0.3, 0.4) is 0 Å². The molecular formula is C50H66N10O7. The summed E-state index contributed by atoms with van der Waals surface area (Å²) in [6.45, 7) is 8.54. The Morgan fingerprint density at radius 3 is 2.36 bits per heavy atom. The topological polar surface area (TPSA) is 193 Å². The van der Waals surface area contributed by atoms with Gasteiger partial charge in [0.05, 0.1) is 19.0 Å². The molecule has 0 bridgehead atoms. The van der Waals surface area contributed by atoms with Crippen molar-refractivity contribution in [3.63, 3.8) is 0 Å². The van der Waals surface area contributed by atoms with Gasteiger partial charge in [0.1, 0.15) is 17.5 Å². The van der Waals surface area contributed by atoms with Crippen molar-refractivity contribution in [3.8, 4) is 5.75 Å². The Kier molecular flexibility index (Phi) is 13.2. The monoisotopic (exact) mass is 919 g/mol. The second-order valence-electron chi connectivity index (χ2n) is 20.0. The number of hydrogen-bond donors (Lipinski definition) is 4. The molecule has 2 aliphatic carbocycles. The predicted octanol–water partition coefficient (Wildman–Crippen LogP) is 5.77. The highest BCUT2D eigenvalue weighted by atomic mass is 16.5. The van der Waals surface area contributed by atoms with Gasteiger partial charge in [-0.3, -0.25) is 29.4 Å². The number of aliphatic hydroxyl groups is 1. The fourth-order valence-electron chi connectivity index (χ4n) is 12.0. The molecule has 6 aliphatic rings. The van der Waals surface area contributed by atoms with E-state index in [0.29, 0.717) is 71.7 Å². The molecule has 0 unspecified atom stereocenters. The second-order valence-corrected chi connectivity index (χ2v) is 20.0. The van der Waals surface area contributed by atoms with Gasteiger partial charge in [-0.25, -0.2) is 9.78 Å². The van der Waals surface area contributed by atoms with E-state index in [1.807, 2.05) is 30.9 Å². The van der Waals surface area contributed by atoms with Crippen LogP contribution in [-0.2, 0) is 9.59 Å². The van der Waals surface area contributed by atoms with E-state index in [1.54, 1.807) is 49.5 Å². The van der Waals surface area contributed by atoms with E-state index < -0.39 is 11.6 Å². The smallest absolute Gasteiger partial charge is 0.328 e. The lowest BCUT2D eigenvalue weighted by Crippen LogP contribution is -2.64. The minimum Gasteiger partial charge on any atom is -0.495 e. The maximum atomic E-state index is 13.9. The highest BCUT2D eigenvalue weighted by Crippen LogP contribution is 2.56. The number of aryl methyl sites for hydroxylation is 1. The van der Waals surface area contributed by atoms with E-state index in [9.17, 15) is 29.1 Å². The Balaban J connectivity index is 0.770. The highest BCUT2D eigenvalue weighted by Gasteiger charge is 2.55. The quantitative estimate of drug-likeness (QED) is 0.162. The molecule has 358 valence electrons. The molecule has 1 spiro atoms. The summed E-state index contributed by atoms with van der Waals surface area (Å²) in [5.41, 5.74) is 3.47. The van der Waals surface area contributed by atoms with Gasteiger partial charge < -0.3 is 40.1 Å². The minimum atomic E-state index is -0.484. The number of likely N-dealkylation sites (tertiary alicyclic amines) is 2. The van der Waals surface area contributed by atoms with E-state index >= 15 is 0 Å². The number of hydrogen-bond acceptors (Lipinski definition) is 12. The number of anilines is 5. The largest absolute Gasteiger partial charge is 0.495 e. The number of likely N-dealkylation sites (N-methyl/N-ethyl adjacent to an activating group) is 1. The van der Waals surface area contributed by atoms with Crippen LogP contribution in [0.25, 0.3) is 0 Å². The van der Waals surface area contributed by atoms with Crippen LogP contribution in [0, 0.1) is 18.3 Å². The second kappa shape index (κ2) is 19.1. The van der Waals surface area contributed by atoms with Gasteiger partial charge in [0.25, 0.3) is 11.8 Å². The molecule has 3 saturated heterocycles. The maximum Gasteiger partial charge on any atom is 0.328 e. The first kappa shape index (κ1) is 46.3. The van der Waals surface area contributed by atoms with Crippen molar-refractivity contribution in [2.75, 3.05) is 80.0 Å². The number of nitrogens with one attached hydrogen (secondary N) is 3. The zero-order valence-electron chi connectivity index (χ0n) is 39.4. The fourth-order valence-corrected chi connectivity index (χ4v) is 12.0. The molecule has 17 nitrogen and oxygen atoms in total. The predicted molar refractivity (Wildman–Crippen MR) is 255 cm³/mol. The summed E-state index contributed by atoms with van der Waals surface area (Å²) in [5, 5.41) is 19.2. The molecule has 67 heavy (non-hydrogen) atoms. The summed E-state index contributed by atoms with van der Waals surface area (Å²) in [4.78, 5) is 84.6. The third-order valence-corrected chi connectivity index (χ3v) is 15.7. The van der Waals surface area contributed by atoms with Crippen LogP contribution in [0.4, 0.5) is 33.6 Å². The first-order valence-electron chi connectivity index (χ1n) is 24.4. The van der Waals surface area contributed by atoms with Crippen LogP contribution in [0.2, 0.25) is 0 Å². The number of benzene rings is 2. The number of carbonyl (C=O) groups excluding carboxylic acids is 5. The van der Waals surface area contributed by atoms with Gasteiger partial charge in [0, 0.05) is 74.6 Å². The number of amides is 6. The number of fused-ring (bicyclic) bond motifs is 1. The molecule has 1 aromatic heterocycles. The first-order chi connectivity index (χ1) is 32.3. The van der Waals surface area contributed by atoms with Crippen LogP contribution in [-0.4, -0.2) is 132 Å². The van der Waals surface area contributed by atoms with Gasteiger partial charge in [0.15, 0.2) is 5.82 Å². The van der Waals surface area contributed by atoms with Crippen LogP contribution >= 0.6 is 0 Å². The molecule has 9 rings (SSSR count). The third-order valence-electron chi connectivity index (χ3n) is 15.7. The lowest BCUT2D eigenvalue weighted by atomic mass is 9.52. The number of piperidine rings is 2. The van der Waals surface area contributed by atoms with Crippen molar-refractivity contribution >= 4 is 58.5 Å². The van der Waals surface area contributed by atoms with E-state index in [-0.39, 0.29) is 60.7 Å². The number of nitrogens with zero attached hydrogens (tertiary/aromatic N) is 7. The molecule has 17 heteroatoms. The Morgan fingerprint density at radius 1 is 0.940 bits per heavy atom. The molecule has 2 saturated carbocycles. The summed E-state index contributed by atoms with van der Waals surface area (Å²) in [7, 11) is 3.35. The molecule has 6 amide bonds. The molecule has 4 aliphatic heterocycles. The highest BCUT2D eigenvalue weighted by molar-refractivity contribution is 6.07. The average molecular weight is 919 g/mol. The zero-order chi connectivity index (χ0) is 47.0. The van der Waals surface area contributed by atoms with Crippen LogP contribution in [0.1, 0.15) is 117 Å². The van der Waals surface area contributed by atoms with Crippen molar-refractivity contribution in [3.05, 3.63) is 59.3 Å². The summed E-state index contributed by atoms with van der Waals surface area (Å²) in [5.74, 6) is 1.62. The molecule has 4 N–H and O–H groups in total. The van der Waals surface area contributed by atoms with Gasteiger partial charge in [-0.15, -0.1) is 0 Å². The lowest BCUT2D eigenvalue weighted by molar-refractivity contribution is -0.121. The molecule has 5 fully saturated rings. The Labute approximate surface area is 393 Å². The Morgan fingerprint density at radius 2 is 1.67 bits per heavy atom. The lowest BCUT2D eigenvalue weighted by Gasteiger charge is -2.59. The number of aliphatic hydroxyl groups excluding tert-OH is 1. The summed E-state index contributed by atoms with van der Waals surface area (Å²) >= 11 is 0. The minimum absolute atomic E-state index is 0.0133. The Hall–Kier alpha value is -5.81. The van der Waals surface area contributed by atoms with Crippen molar-refractivity contribution in [2.45, 2.75) is 115 Å². The number of imide groups is 1. The maximum absolute atomic E-state index is 13.9. The van der Waals surface area contributed by atoms with E-state index in [2.05, 4.69) is 30.7 Å². The van der Waals surface area contributed by atoms with Gasteiger partial charge in [-0.1, -0.05) is 25.8 Å². The SMILES string of the molecule is CC[C@@H]1C(=O)N(C)c2cnc(Nc3ccc(C(=O)NC4(CCO)CC5(CCN(CC6CCN(C(=O)c7ccc(C)c(N8CCC(=O)NC8=O)c7)CC6)CC5)C4)cc3OC)nc2N1C1CCCC1. The number of carbonyl (C=O) groups is 5. The van der Waals surface area contributed by atoms with E-state index in [0.717, 1.165) is 95.2 Å². The van der Waals surface area contributed by atoms with Gasteiger partial charge in [-0.05, 0) is 131 Å². The summed E-state index contributed by atoms with van der Waals surface area (Å²) < 4.78 is 5.78. The van der Waals surface area contributed by atoms with Crippen molar-refractivity contribution < 1.29 is 33.8 Å². The standard InChI is InChI=1S/C50H66N10O7/c1-5-38-46(65)56(3)40-28-51-47(54-43(40)60(38)36-8-6-7-9-36)52-37-13-12-34(27-41(37)67-4)44(63)55-50(19-25-61)30-49(31-50)17-23-57(24-18-49)29-33-14-20-58(21-15-33)45(64)35-11-10-32(2)39(26-35)59-22-16-42(62)53-48(59)66/h10-13,26-28,33,36,38,61H,5-9,14-25,29-31H2,1-4H3,(H,55,63)(H,51,52,54)(H,53,62,66)/t38-/m1/s1. The zero-order valence-corrected chi connectivity index (χ0v) is 39.4. The number of urea groups is 1. The van der Waals surface area contributed by atoms with E-state index in [4.69, 9.17) is 9.72 Å². The van der Waals surface area contributed by atoms with Crippen molar-refractivity contribution in [1.82, 2.24) is 30.4 Å². The fraction of sp³-hybridized carbons (Fsp3) is 0.580. The van der Waals surface area contributed by atoms with Crippen molar-refractivity contribution in [1.29, 1.82) is 0 Å². The summed E-state index contributed by atoms with van der Waals surface area (Å²) in [6, 6.07) is 10.3. The number of rotatable bonds is 13. The molecule has 0 radical (unpaired) electrons. The van der Waals surface area contributed by atoms with Gasteiger partial charge >= 0.3 is 6.03 Å². The number of methoxy groups -OCH3 is 1. The molecule has 5 heterocycles. The van der Waals surface area contributed by atoms with Crippen LogP contribution in [0.5, 0.6) is 5.75 Å². The van der Waals surface area contributed by atoms with Crippen molar-refractivity contribution in [2.24, 2.45) is 11.3 Å². The number of aromatic nitrogens is 2. The molecule has 2 aromatic carbocycles. The average Bonchev–Trinajstić information content (AvgIpc) is 3.86. The van der Waals surface area contributed by atoms with Crippen LogP contribution < -0.4 is 35.4 Å². The summed E-state index contributed by atoms with van der Waals surface area (Å²) in [6.07, 6.45) is 13.0. The molecule has 1 atom stereocenters. The first-order valence-corrected chi connectivity index (χ1v) is 24.4. The van der Waals surface area contributed by atoms with Gasteiger partial charge in [0.2, 0.25) is 17.8 Å². The third kappa shape index (κ3) is 9.28. The molecular weight excluding hydrogens is 853 g/mol. The normalized spacial score (nSPS) is 22.1. The van der Waals surface area contributed by atoms with Crippen LogP contribution in [0.15, 0.2) is 42.6 Å². The molecule has 3 aromatic rings. The Bertz CT molecular complexity index is 2380.